The van der Waals surface area contributed by atoms with Crippen LogP contribution in [0.2, 0.25) is 0 Å². The second kappa shape index (κ2) is 3.83. The highest BCUT2D eigenvalue weighted by atomic mass is 16.9. The molecule has 15 heavy (non-hydrogen) atoms. The first-order valence-corrected chi connectivity index (χ1v) is 5.13. The summed E-state index contributed by atoms with van der Waals surface area (Å²) in [6.45, 7) is 5.37. The molecule has 3 nitrogen and oxygen atoms in total. The molecule has 1 aliphatic rings. The van der Waals surface area contributed by atoms with Crippen LogP contribution in [0.25, 0.3) is 0 Å². The number of benzene rings is 1. The molecular weight excluding hydrogens is 192 g/mol. The van der Waals surface area contributed by atoms with Gasteiger partial charge in [0.1, 0.15) is 5.75 Å². The summed E-state index contributed by atoms with van der Waals surface area (Å²) in [4.78, 5) is 0. The van der Waals surface area contributed by atoms with Gasteiger partial charge in [0.05, 0.1) is 11.7 Å². The Bertz CT molecular complexity index is 321. The van der Waals surface area contributed by atoms with Crippen molar-refractivity contribution in [3.05, 3.63) is 30.3 Å². The van der Waals surface area contributed by atoms with Crippen molar-refractivity contribution >= 4 is 0 Å². The molecule has 0 aromatic heterocycles. The van der Waals surface area contributed by atoms with E-state index in [2.05, 4.69) is 0 Å². The van der Waals surface area contributed by atoms with Gasteiger partial charge in [-0.25, -0.2) is 0 Å². The van der Waals surface area contributed by atoms with Gasteiger partial charge in [0.2, 0.25) is 0 Å². The average Bonchev–Trinajstić information content (AvgIpc) is 2.42. The molecule has 2 atom stereocenters. The van der Waals surface area contributed by atoms with Crippen molar-refractivity contribution in [1.82, 2.24) is 0 Å². The van der Waals surface area contributed by atoms with Crippen LogP contribution in [0, 0.1) is 0 Å². The standard InChI is InChI=1S/C12H16O3/c1-9-12(2,3)15-11(13-9)14-10-7-5-4-6-8-10/h4-9,11H,1-3H3. The van der Waals surface area contributed by atoms with E-state index in [4.69, 9.17) is 14.2 Å². The van der Waals surface area contributed by atoms with Crippen molar-refractivity contribution in [2.75, 3.05) is 0 Å². The van der Waals surface area contributed by atoms with Crippen molar-refractivity contribution in [3.63, 3.8) is 0 Å². The van der Waals surface area contributed by atoms with Crippen LogP contribution in [0.1, 0.15) is 20.8 Å². The predicted molar refractivity (Wildman–Crippen MR) is 56.6 cm³/mol. The second-order valence-electron chi connectivity index (χ2n) is 4.22. The molecule has 1 fully saturated rings. The zero-order chi connectivity index (χ0) is 10.9. The summed E-state index contributed by atoms with van der Waals surface area (Å²) in [5.41, 5.74) is -0.292. The SMILES string of the molecule is CC1OC(Oc2ccccc2)OC1(C)C. The molecule has 0 amide bonds. The molecule has 0 spiro atoms. The van der Waals surface area contributed by atoms with Crippen LogP contribution in [0.3, 0.4) is 0 Å². The van der Waals surface area contributed by atoms with Gasteiger partial charge in [0.25, 0.3) is 0 Å². The minimum absolute atomic E-state index is 0.0335. The maximum Gasteiger partial charge on any atom is 0.316 e. The van der Waals surface area contributed by atoms with Crippen molar-refractivity contribution < 1.29 is 14.2 Å². The third-order valence-corrected chi connectivity index (χ3v) is 2.67. The molecule has 0 aliphatic carbocycles. The van der Waals surface area contributed by atoms with E-state index < -0.39 is 6.48 Å². The average molecular weight is 208 g/mol. The highest BCUT2D eigenvalue weighted by molar-refractivity contribution is 5.20. The smallest absolute Gasteiger partial charge is 0.316 e. The van der Waals surface area contributed by atoms with Crippen LogP contribution in [0.4, 0.5) is 0 Å². The van der Waals surface area contributed by atoms with Crippen molar-refractivity contribution in [2.45, 2.75) is 39.0 Å². The van der Waals surface area contributed by atoms with E-state index >= 15 is 0 Å². The van der Waals surface area contributed by atoms with E-state index in [9.17, 15) is 0 Å². The molecule has 2 unspecified atom stereocenters. The lowest BCUT2D eigenvalue weighted by atomic mass is 10.0. The Morgan fingerprint density at radius 1 is 1.20 bits per heavy atom. The quantitative estimate of drug-likeness (QED) is 0.747. The van der Waals surface area contributed by atoms with E-state index in [1.807, 2.05) is 51.1 Å². The summed E-state index contributed by atoms with van der Waals surface area (Å²) in [7, 11) is 0. The van der Waals surface area contributed by atoms with E-state index in [0.717, 1.165) is 5.75 Å². The number of rotatable bonds is 2. The monoisotopic (exact) mass is 208 g/mol. The lowest BCUT2D eigenvalue weighted by Gasteiger charge is -2.19. The van der Waals surface area contributed by atoms with Crippen LogP contribution in [0.5, 0.6) is 5.75 Å². The van der Waals surface area contributed by atoms with Crippen molar-refractivity contribution in [1.29, 1.82) is 0 Å². The molecule has 0 N–H and O–H groups in total. The number of hydrogen-bond acceptors (Lipinski definition) is 3. The Balaban J connectivity index is 1.99. The summed E-state index contributed by atoms with van der Waals surface area (Å²) in [6, 6.07) is 9.53. The Kier molecular flexibility index (Phi) is 2.67. The summed E-state index contributed by atoms with van der Waals surface area (Å²) in [5.74, 6) is 0.757. The maximum atomic E-state index is 5.62. The van der Waals surface area contributed by atoms with Crippen LogP contribution in [0.15, 0.2) is 30.3 Å². The first-order valence-electron chi connectivity index (χ1n) is 5.13. The molecule has 1 aliphatic heterocycles. The minimum atomic E-state index is -0.600. The number of para-hydroxylation sites is 1. The van der Waals surface area contributed by atoms with Crippen LogP contribution >= 0.6 is 0 Å². The highest BCUT2D eigenvalue weighted by Gasteiger charge is 2.41. The normalized spacial score (nSPS) is 29.0. The molecule has 0 bridgehead atoms. The van der Waals surface area contributed by atoms with Gasteiger partial charge in [-0.05, 0) is 32.9 Å². The van der Waals surface area contributed by atoms with Crippen LogP contribution in [-0.4, -0.2) is 18.2 Å². The zero-order valence-electron chi connectivity index (χ0n) is 9.27. The van der Waals surface area contributed by atoms with Gasteiger partial charge < -0.3 is 14.2 Å². The molecule has 1 aromatic carbocycles. The van der Waals surface area contributed by atoms with Gasteiger partial charge in [-0.15, -0.1) is 0 Å². The third-order valence-electron chi connectivity index (χ3n) is 2.67. The van der Waals surface area contributed by atoms with Gasteiger partial charge in [-0.1, -0.05) is 18.2 Å². The van der Waals surface area contributed by atoms with Gasteiger partial charge in [0, 0.05) is 0 Å². The summed E-state index contributed by atoms with van der Waals surface area (Å²) >= 11 is 0. The first kappa shape index (κ1) is 10.5. The molecule has 82 valence electrons. The third kappa shape index (κ3) is 2.30. The zero-order valence-corrected chi connectivity index (χ0v) is 9.27. The Labute approximate surface area is 90.0 Å². The van der Waals surface area contributed by atoms with E-state index in [0.29, 0.717) is 0 Å². The summed E-state index contributed by atoms with van der Waals surface area (Å²) < 4.78 is 16.7. The molecule has 1 saturated heterocycles. The fourth-order valence-corrected chi connectivity index (χ4v) is 1.36. The molecule has 2 rings (SSSR count). The summed E-state index contributed by atoms with van der Waals surface area (Å²) in [5, 5.41) is 0. The van der Waals surface area contributed by atoms with Crippen molar-refractivity contribution in [3.8, 4) is 5.75 Å². The van der Waals surface area contributed by atoms with Crippen LogP contribution < -0.4 is 4.74 Å². The highest BCUT2D eigenvalue weighted by Crippen LogP contribution is 2.30. The fourth-order valence-electron chi connectivity index (χ4n) is 1.36. The minimum Gasteiger partial charge on any atom is -0.441 e. The van der Waals surface area contributed by atoms with E-state index in [-0.39, 0.29) is 11.7 Å². The van der Waals surface area contributed by atoms with Crippen LogP contribution in [-0.2, 0) is 9.47 Å². The lowest BCUT2D eigenvalue weighted by molar-refractivity contribution is -0.200. The Hall–Kier alpha value is -1.06. The van der Waals surface area contributed by atoms with E-state index in [1.54, 1.807) is 0 Å². The Morgan fingerprint density at radius 3 is 2.40 bits per heavy atom. The second-order valence-corrected chi connectivity index (χ2v) is 4.22. The van der Waals surface area contributed by atoms with Gasteiger partial charge >= 0.3 is 6.48 Å². The summed E-state index contributed by atoms with van der Waals surface area (Å²) in [6.07, 6.45) is 0.0335. The van der Waals surface area contributed by atoms with Gasteiger partial charge in [-0.3, -0.25) is 0 Å². The topological polar surface area (TPSA) is 27.7 Å². The molecular formula is C12H16O3. The predicted octanol–water partition coefficient (Wildman–Crippen LogP) is 2.56. The number of hydrogen-bond donors (Lipinski definition) is 0. The number of ether oxygens (including phenoxy) is 3. The Morgan fingerprint density at radius 2 is 1.87 bits per heavy atom. The van der Waals surface area contributed by atoms with Gasteiger partial charge in [0.15, 0.2) is 0 Å². The molecule has 3 heteroatoms. The first-order chi connectivity index (χ1) is 7.08. The fraction of sp³-hybridized carbons (Fsp3) is 0.500. The lowest BCUT2D eigenvalue weighted by Crippen LogP contribution is -2.30. The van der Waals surface area contributed by atoms with Gasteiger partial charge in [-0.2, -0.15) is 0 Å². The van der Waals surface area contributed by atoms with E-state index in [1.165, 1.54) is 0 Å². The largest absolute Gasteiger partial charge is 0.441 e. The maximum absolute atomic E-state index is 5.62. The molecule has 0 radical (unpaired) electrons. The molecule has 0 saturated carbocycles. The molecule has 1 aromatic rings. The molecule has 1 heterocycles. The van der Waals surface area contributed by atoms with Crippen molar-refractivity contribution in [2.24, 2.45) is 0 Å².